The predicted molar refractivity (Wildman–Crippen MR) is 42.0 cm³/mol. The largest absolute Gasteiger partial charge is 0.395 e. The molecule has 2 heteroatoms. The fourth-order valence-electron chi connectivity index (χ4n) is 2.03. The van der Waals surface area contributed by atoms with Crippen molar-refractivity contribution in [2.45, 2.75) is 12.8 Å². The van der Waals surface area contributed by atoms with E-state index in [9.17, 15) is 0 Å². The Morgan fingerprint density at radius 2 is 2.27 bits per heavy atom. The van der Waals surface area contributed by atoms with Crippen molar-refractivity contribution in [2.75, 3.05) is 13.2 Å². The van der Waals surface area contributed by atoms with Crippen molar-refractivity contribution in [1.82, 2.24) is 0 Å². The maximum atomic E-state index is 9.16. The molecule has 2 bridgehead atoms. The lowest BCUT2D eigenvalue weighted by Gasteiger charge is -2.25. The number of aliphatic hydroxyl groups is 2. The number of aliphatic hydroxyl groups excluding tert-OH is 2. The molecule has 0 aromatic rings. The van der Waals surface area contributed by atoms with Crippen LogP contribution in [-0.4, -0.2) is 23.4 Å². The molecule has 11 heavy (non-hydrogen) atoms. The smallest absolute Gasteiger partial charge is 0.0651 e. The van der Waals surface area contributed by atoms with Crippen LogP contribution in [0.25, 0.3) is 0 Å². The van der Waals surface area contributed by atoms with Crippen molar-refractivity contribution < 1.29 is 10.2 Å². The number of fused-ring (bicyclic) bond motifs is 2. The van der Waals surface area contributed by atoms with Crippen molar-refractivity contribution in [2.24, 2.45) is 5.41 Å². The van der Waals surface area contributed by atoms with Crippen molar-refractivity contribution in [1.29, 1.82) is 0 Å². The SMILES string of the molecule is OCC1=CC2=CCC1(CO)C2. The minimum Gasteiger partial charge on any atom is -0.395 e. The Kier molecular flexibility index (Phi) is 1.41. The Morgan fingerprint density at radius 1 is 1.45 bits per heavy atom. The first kappa shape index (κ1) is 7.07. The van der Waals surface area contributed by atoms with Gasteiger partial charge >= 0.3 is 0 Å². The predicted octanol–water partition coefficient (Wildman–Crippen LogP) is 0.618. The van der Waals surface area contributed by atoms with Crippen LogP contribution in [0.4, 0.5) is 0 Å². The minimum atomic E-state index is -0.107. The molecule has 2 nitrogen and oxygen atoms in total. The summed E-state index contributed by atoms with van der Waals surface area (Å²) >= 11 is 0. The highest BCUT2D eigenvalue weighted by Gasteiger charge is 2.41. The van der Waals surface area contributed by atoms with E-state index in [0.29, 0.717) is 0 Å². The van der Waals surface area contributed by atoms with Crippen LogP contribution in [0.5, 0.6) is 0 Å². The van der Waals surface area contributed by atoms with Crippen LogP contribution in [0.15, 0.2) is 23.3 Å². The molecular formula is C9H12O2. The molecule has 0 aliphatic heterocycles. The summed E-state index contributed by atoms with van der Waals surface area (Å²) in [7, 11) is 0. The van der Waals surface area contributed by atoms with Gasteiger partial charge in [-0.15, -0.1) is 0 Å². The van der Waals surface area contributed by atoms with Gasteiger partial charge in [-0.2, -0.15) is 0 Å². The Balaban J connectivity index is 2.33. The van der Waals surface area contributed by atoms with E-state index < -0.39 is 0 Å². The van der Waals surface area contributed by atoms with Crippen LogP contribution >= 0.6 is 0 Å². The molecule has 0 aromatic heterocycles. The molecule has 2 aliphatic rings. The number of hydrogen-bond donors (Lipinski definition) is 2. The molecule has 2 rings (SSSR count). The average molecular weight is 152 g/mol. The monoisotopic (exact) mass is 152 g/mol. The highest BCUT2D eigenvalue weighted by molar-refractivity contribution is 5.43. The molecule has 60 valence electrons. The quantitative estimate of drug-likeness (QED) is 0.609. The topological polar surface area (TPSA) is 40.5 Å². The highest BCUT2D eigenvalue weighted by atomic mass is 16.3. The van der Waals surface area contributed by atoms with Crippen LogP contribution in [0.2, 0.25) is 0 Å². The van der Waals surface area contributed by atoms with E-state index in [1.807, 2.05) is 6.08 Å². The molecule has 0 saturated carbocycles. The summed E-state index contributed by atoms with van der Waals surface area (Å²) in [6.07, 6.45) is 6.00. The normalized spacial score (nSPS) is 34.0. The maximum absolute atomic E-state index is 9.16. The van der Waals surface area contributed by atoms with Gasteiger partial charge in [-0.25, -0.2) is 0 Å². The molecule has 0 amide bonds. The van der Waals surface area contributed by atoms with E-state index in [0.717, 1.165) is 18.4 Å². The molecule has 0 spiro atoms. The fraction of sp³-hybridized carbons (Fsp3) is 0.556. The van der Waals surface area contributed by atoms with Crippen LogP contribution in [0.3, 0.4) is 0 Å². The van der Waals surface area contributed by atoms with E-state index in [1.54, 1.807) is 0 Å². The summed E-state index contributed by atoms with van der Waals surface area (Å²) in [5.41, 5.74) is 2.19. The van der Waals surface area contributed by atoms with Crippen LogP contribution in [0.1, 0.15) is 12.8 Å². The lowest BCUT2D eigenvalue weighted by atomic mass is 9.81. The number of allylic oxidation sites excluding steroid dienone is 3. The minimum absolute atomic E-state index is 0.0951. The summed E-state index contributed by atoms with van der Waals surface area (Å²) < 4.78 is 0. The summed E-state index contributed by atoms with van der Waals surface area (Å²) in [5.74, 6) is 0. The number of hydrogen-bond acceptors (Lipinski definition) is 2. The molecular weight excluding hydrogens is 140 g/mol. The first-order valence-corrected chi connectivity index (χ1v) is 3.92. The van der Waals surface area contributed by atoms with Gasteiger partial charge in [0.05, 0.1) is 13.2 Å². The summed E-state index contributed by atoms with van der Waals surface area (Å²) in [6.45, 7) is 0.261. The molecule has 1 atom stereocenters. The zero-order chi connectivity index (χ0) is 7.90. The van der Waals surface area contributed by atoms with Crippen molar-refractivity contribution >= 4 is 0 Å². The van der Waals surface area contributed by atoms with Crippen LogP contribution in [-0.2, 0) is 0 Å². The van der Waals surface area contributed by atoms with Gasteiger partial charge in [0.1, 0.15) is 0 Å². The van der Waals surface area contributed by atoms with Gasteiger partial charge in [0.25, 0.3) is 0 Å². The maximum Gasteiger partial charge on any atom is 0.0651 e. The van der Waals surface area contributed by atoms with Gasteiger partial charge in [-0.3, -0.25) is 0 Å². The first-order chi connectivity index (χ1) is 5.30. The Labute approximate surface area is 65.9 Å². The fourth-order valence-corrected chi connectivity index (χ4v) is 2.03. The Morgan fingerprint density at radius 3 is 2.73 bits per heavy atom. The summed E-state index contributed by atoms with van der Waals surface area (Å²) in [4.78, 5) is 0. The second-order valence-electron chi connectivity index (χ2n) is 3.43. The second kappa shape index (κ2) is 2.19. The van der Waals surface area contributed by atoms with Crippen molar-refractivity contribution in [3.63, 3.8) is 0 Å². The van der Waals surface area contributed by atoms with Crippen LogP contribution < -0.4 is 0 Å². The van der Waals surface area contributed by atoms with Gasteiger partial charge in [0.15, 0.2) is 0 Å². The molecule has 0 saturated heterocycles. The number of rotatable bonds is 2. The second-order valence-corrected chi connectivity index (χ2v) is 3.43. The standard InChI is InChI=1S/C9H12O2/c10-5-8-3-7-1-2-9(8,4-7)6-11/h1,3,10-11H,2,4-6H2. The zero-order valence-electron chi connectivity index (χ0n) is 6.38. The van der Waals surface area contributed by atoms with Gasteiger partial charge < -0.3 is 10.2 Å². The summed E-state index contributed by atoms with van der Waals surface area (Å²) in [5, 5.41) is 18.1. The lowest BCUT2D eigenvalue weighted by molar-refractivity contribution is 0.156. The van der Waals surface area contributed by atoms with Crippen molar-refractivity contribution in [3.05, 3.63) is 23.3 Å². The molecule has 0 heterocycles. The van der Waals surface area contributed by atoms with E-state index in [2.05, 4.69) is 6.08 Å². The van der Waals surface area contributed by atoms with E-state index >= 15 is 0 Å². The van der Waals surface area contributed by atoms with Gasteiger partial charge in [-0.05, 0) is 18.4 Å². The Bertz CT molecular complexity index is 240. The van der Waals surface area contributed by atoms with Crippen LogP contribution in [0, 0.1) is 5.41 Å². The van der Waals surface area contributed by atoms with E-state index in [4.69, 9.17) is 10.2 Å². The molecule has 0 fully saturated rings. The molecule has 0 radical (unpaired) electrons. The molecule has 2 N–H and O–H groups in total. The zero-order valence-corrected chi connectivity index (χ0v) is 6.38. The molecule has 2 aliphatic carbocycles. The average Bonchev–Trinajstić information content (AvgIpc) is 2.60. The first-order valence-electron chi connectivity index (χ1n) is 3.92. The van der Waals surface area contributed by atoms with Gasteiger partial charge in [0, 0.05) is 5.41 Å². The van der Waals surface area contributed by atoms with E-state index in [-0.39, 0.29) is 18.6 Å². The molecule has 1 unspecified atom stereocenters. The van der Waals surface area contributed by atoms with Crippen molar-refractivity contribution in [3.8, 4) is 0 Å². The van der Waals surface area contributed by atoms with E-state index in [1.165, 1.54) is 5.57 Å². The third-order valence-electron chi connectivity index (χ3n) is 2.81. The molecule has 0 aromatic carbocycles. The third-order valence-corrected chi connectivity index (χ3v) is 2.81. The Hall–Kier alpha value is -0.600. The third kappa shape index (κ3) is 0.798. The lowest BCUT2D eigenvalue weighted by Crippen LogP contribution is -2.24. The van der Waals surface area contributed by atoms with Gasteiger partial charge in [0.2, 0.25) is 0 Å². The highest BCUT2D eigenvalue weighted by Crippen LogP contribution is 2.49. The summed E-state index contributed by atoms with van der Waals surface area (Å²) in [6, 6.07) is 0. The van der Waals surface area contributed by atoms with Gasteiger partial charge in [-0.1, -0.05) is 17.7 Å².